The molecule has 44 heavy (non-hydrogen) atoms. The number of para-hydroxylation sites is 2. The van der Waals surface area contributed by atoms with Crippen LogP contribution in [0.15, 0.2) is 105 Å². The first-order chi connectivity index (χ1) is 20.2. The van der Waals surface area contributed by atoms with Crippen molar-refractivity contribution in [2.45, 2.75) is 83.1 Å². The highest BCUT2D eigenvalue weighted by Crippen LogP contribution is 2.43. The van der Waals surface area contributed by atoms with E-state index in [9.17, 15) is 9.90 Å². The first-order valence-electron chi connectivity index (χ1n) is 15.5. The van der Waals surface area contributed by atoms with Crippen molar-refractivity contribution in [3.05, 3.63) is 101 Å². The number of aliphatic imine (C=N–C) groups is 2. The molecule has 2 aromatic rings. The van der Waals surface area contributed by atoms with Gasteiger partial charge in [0.1, 0.15) is 5.71 Å². The molecule has 0 spiro atoms. The topological polar surface area (TPSA) is 64.8 Å². The van der Waals surface area contributed by atoms with Crippen LogP contribution in [0.2, 0.25) is 0 Å². The third-order valence-electron chi connectivity index (χ3n) is 8.07. The molecule has 0 aliphatic heterocycles. The molecule has 2 aliphatic carbocycles. The molecular weight excluding hydrogens is 540 g/mol. The Labute approximate surface area is 265 Å². The summed E-state index contributed by atoms with van der Waals surface area (Å²) in [4.78, 5) is 23.8. The van der Waals surface area contributed by atoms with Crippen molar-refractivity contribution >= 4 is 28.6 Å². The maximum Gasteiger partial charge on any atom is 0.207 e. The fourth-order valence-corrected chi connectivity index (χ4v) is 5.23. The molecule has 4 rings (SSSR count). The van der Waals surface area contributed by atoms with Gasteiger partial charge < -0.3 is 5.11 Å². The van der Waals surface area contributed by atoms with Crippen LogP contribution in [0, 0.1) is 27.8 Å². The summed E-state index contributed by atoms with van der Waals surface area (Å²) in [6.07, 6.45) is 7.89. The number of carbonyl (C=O) groups is 1. The summed E-state index contributed by atoms with van der Waals surface area (Å²) >= 11 is 0. The van der Waals surface area contributed by atoms with Gasteiger partial charge in [0.2, 0.25) is 5.78 Å². The summed E-state index contributed by atoms with van der Waals surface area (Å²) < 4.78 is 0. The van der Waals surface area contributed by atoms with E-state index in [4.69, 9.17) is 9.98 Å². The molecule has 1 radical (unpaired) electrons. The molecule has 0 amide bonds. The normalized spacial score (nSPS) is 19.2. The van der Waals surface area contributed by atoms with E-state index < -0.39 is 0 Å². The number of ketones is 1. The largest absolute Gasteiger partial charge is 0.842 e. The average Bonchev–Trinajstić information content (AvgIpc) is 2.89. The minimum Gasteiger partial charge on any atom is -0.842 e. The van der Waals surface area contributed by atoms with Gasteiger partial charge in [0.25, 0.3) is 0 Å². The number of Topliss-reactive ketones (excluding diaryl/α,β-unsaturated/α-hetero) is 1. The number of carbonyl (C=O) groups excluding carboxylic acids is 1. The fourth-order valence-electron chi connectivity index (χ4n) is 5.23. The summed E-state index contributed by atoms with van der Waals surface area (Å²) in [5, 5.41) is 13.8. The number of rotatable bonds is 3. The molecule has 0 N–H and O–H groups in total. The molecule has 0 saturated heterocycles. The Kier molecular flexibility index (Phi) is 8.85. The molecule has 0 saturated carbocycles. The molecule has 2 aliphatic rings. The summed E-state index contributed by atoms with van der Waals surface area (Å²) in [6, 6.07) is 15.7. The predicted octanol–water partition coefficient (Wildman–Crippen LogP) is 9.88. The van der Waals surface area contributed by atoms with E-state index in [1.807, 2.05) is 72.8 Å². The van der Waals surface area contributed by atoms with Crippen LogP contribution in [0.4, 0.5) is 11.4 Å². The lowest BCUT2D eigenvalue weighted by Crippen LogP contribution is -2.35. The van der Waals surface area contributed by atoms with E-state index in [2.05, 4.69) is 83.1 Å². The minimum atomic E-state index is -0.322. The fraction of sp³-hybridized carbons (Fsp3) is 0.400. The van der Waals surface area contributed by atoms with Crippen molar-refractivity contribution < 1.29 is 9.90 Å². The summed E-state index contributed by atoms with van der Waals surface area (Å²) in [5.74, 6) is -0.0528. The van der Waals surface area contributed by atoms with Crippen molar-refractivity contribution in [1.29, 1.82) is 0 Å². The third kappa shape index (κ3) is 7.18. The second-order valence-corrected chi connectivity index (χ2v) is 16.0. The third-order valence-corrected chi connectivity index (χ3v) is 8.07. The lowest BCUT2D eigenvalue weighted by molar-refractivity contribution is -0.328. The van der Waals surface area contributed by atoms with E-state index in [0.717, 1.165) is 33.4 Å². The van der Waals surface area contributed by atoms with Gasteiger partial charge in [-0.25, -0.2) is 4.99 Å². The molecule has 231 valence electrons. The van der Waals surface area contributed by atoms with Crippen LogP contribution in [0.25, 0.3) is 11.1 Å². The molecule has 0 fully saturated rings. The Hall–Kier alpha value is -3.63. The highest BCUT2D eigenvalue weighted by atomic mass is 16.3. The number of hydrogen-bond donors (Lipinski definition) is 0. The van der Waals surface area contributed by atoms with Gasteiger partial charge in [0.15, 0.2) is 0 Å². The molecule has 0 heterocycles. The van der Waals surface area contributed by atoms with Crippen molar-refractivity contribution in [3.8, 4) is 11.1 Å². The van der Waals surface area contributed by atoms with Gasteiger partial charge in [-0.3, -0.25) is 9.79 Å². The van der Waals surface area contributed by atoms with E-state index in [1.165, 1.54) is 0 Å². The van der Waals surface area contributed by atoms with Crippen LogP contribution in [0.1, 0.15) is 83.1 Å². The van der Waals surface area contributed by atoms with E-state index in [-0.39, 0.29) is 33.5 Å². The molecule has 0 aromatic heterocycles. The Bertz CT molecular complexity index is 1650. The van der Waals surface area contributed by atoms with Gasteiger partial charge in [-0.15, -0.1) is 0 Å². The van der Waals surface area contributed by atoms with Gasteiger partial charge >= 0.3 is 0 Å². The van der Waals surface area contributed by atoms with Crippen LogP contribution in [-0.2, 0) is 4.79 Å². The lowest BCUT2D eigenvalue weighted by Gasteiger charge is -2.39. The smallest absolute Gasteiger partial charge is 0.207 e. The molecule has 2 aromatic carbocycles. The molecule has 0 atom stereocenters. The van der Waals surface area contributed by atoms with Gasteiger partial charge in [-0.05, 0) is 63.2 Å². The quantitative estimate of drug-likeness (QED) is 0.335. The first kappa shape index (κ1) is 33.3. The molecular formula is C40H48N2O2-. The average molecular weight is 589 g/mol. The van der Waals surface area contributed by atoms with Crippen LogP contribution >= 0.6 is 0 Å². The van der Waals surface area contributed by atoms with Crippen molar-refractivity contribution in [1.82, 2.24) is 0 Å². The predicted molar refractivity (Wildman–Crippen MR) is 184 cm³/mol. The monoisotopic (exact) mass is 588 g/mol. The molecule has 0 unspecified atom stereocenters. The molecule has 4 heteroatoms. The zero-order valence-electron chi connectivity index (χ0n) is 28.6. The van der Waals surface area contributed by atoms with E-state index in [0.29, 0.717) is 22.8 Å². The SMILES string of the molecule is CC(C)(C)C1=CC(=Nc2ccccc2-c2ccccc2N=C2C=C(C(C)(C)C)C=C(C(C)(C)C)C2=O)[C]([O-])C(C(C)(C)C)=C1. The van der Waals surface area contributed by atoms with E-state index in [1.54, 1.807) is 0 Å². The van der Waals surface area contributed by atoms with Crippen LogP contribution in [-0.4, -0.2) is 17.2 Å². The maximum absolute atomic E-state index is 13.8. The summed E-state index contributed by atoms with van der Waals surface area (Å²) in [5.41, 5.74) is 6.64. The van der Waals surface area contributed by atoms with Crippen LogP contribution < -0.4 is 5.11 Å². The Morgan fingerprint density at radius 3 is 1.32 bits per heavy atom. The zero-order valence-corrected chi connectivity index (χ0v) is 28.6. The van der Waals surface area contributed by atoms with Crippen LogP contribution in [0.5, 0.6) is 0 Å². The Balaban J connectivity index is 1.89. The highest BCUT2D eigenvalue weighted by Gasteiger charge is 2.33. The van der Waals surface area contributed by atoms with Gasteiger partial charge in [0, 0.05) is 22.4 Å². The van der Waals surface area contributed by atoms with Gasteiger partial charge in [-0.2, -0.15) is 0 Å². The number of allylic oxidation sites excluding steroid dienone is 6. The number of benzene rings is 2. The second-order valence-electron chi connectivity index (χ2n) is 16.0. The van der Waals surface area contributed by atoms with Gasteiger partial charge in [0.05, 0.1) is 11.4 Å². The standard InChI is InChI=1S/C40H48N2O2/c1-37(2,3)25-21-29(39(7,8)9)35(43)33(23-25)41-31-19-15-13-17-27(31)28-18-14-16-20-32(28)42-34-24-26(38(4,5)6)22-30(36(34)44)40(10,11)12/h13-24H,1-12H3/q-1. The minimum absolute atomic E-state index is 0.0528. The zero-order chi connectivity index (χ0) is 32.8. The summed E-state index contributed by atoms with van der Waals surface area (Å²) in [6.45, 7) is 25.3. The Morgan fingerprint density at radius 1 is 0.500 bits per heavy atom. The number of nitrogens with zero attached hydrogens (tertiary/aromatic N) is 2. The molecule has 0 bridgehead atoms. The first-order valence-corrected chi connectivity index (χ1v) is 15.5. The second kappa shape index (κ2) is 11.7. The van der Waals surface area contributed by atoms with Crippen LogP contribution in [0.3, 0.4) is 0 Å². The van der Waals surface area contributed by atoms with Gasteiger partial charge in [-0.1, -0.05) is 137 Å². The van der Waals surface area contributed by atoms with Crippen molar-refractivity contribution in [2.24, 2.45) is 31.6 Å². The lowest BCUT2D eigenvalue weighted by atomic mass is 9.73. The van der Waals surface area contributed by atoms with Crippen molar-refractivity contribution in [2.75, 3.05) is 0 Å². The number of hydrogen-bond acceptors (Lipinski definition) is 4. The van der Waals surface area contributed by atoms with Crippen molar-refractivity contribution in [3.63, 3.8) is 0 Å². The molecule has 4 nitrogen and oxygen atoms in total. The maximum atomic E-state index is 13.8. The Morgan fingerprint density at radius 2 is 0.886 bits per heavy atom. The van der Waals surface area contributed by atoms with E-state index >= 15 is 0 Å². The summed E-state index contributed by atoms with van der Waals surface area (Å²) in [7, 11) is 0. The highest BCUT2D eigenvalue weighted by molar-refractivity contribution is 6.51.